The highest BCUT2D eigenvalue weighted by Gasteiger charge is 2.11. The van der Waals surface area contributed by atoms with Gasteiger partial charge in [-0.05, 0) is 18.5 Å². The minimum absolute atomic E-state index is 0.195. The Morgan fingerprint density at radius 1 is 1.82 bits per heavy atom. The molecule has 0 aliphatic carbocycles. The van der Waals surface area contributed by atoms with Crippen LogP contribution in [0.3, 0.4) is 0 Å². The maximum absolute atomic E-state index is 11.1. The van der Waals surface area contributed by atoms with Crippen molar-refractivity contribution in [2.24, 2.45) is 0 Å². The van der Waals surface area contributed by atoms with Crippen LogP contribution in [-0.4, -0.2) is 22.0 Å². The van der Waals surface area contributed by atoms with Gasteiger partial charge in [0.25, 0.3) is 5.91 Å². The van der Waals surface area contributed by atoms with Crippen LogP contribution in [0.5, 0.6) is 0 Å². The van der Waals surface area contributed by atoms with E-state index in [1.165, 1.54) is 0 Å². The van der Waals surface area contributed by atoms with Gasteiger partial charge in [0.1, 0.15) is 0 Å². The number of nitrogens with one attached hydrogen (secondary N) is 1. The summed E-state index contributed by atoms with van der Waals surface area (Å²) in [5.41, 5.74) is 5.35. The summed E-state index contributed by atoms with van der Waals surface area (Å²) in [5, 5.41) is 6.11. The summed E-state index contributed by atoms with van der Waals surface area (Å²) < 4.78 is 3.53. The molecule has 0 aliphatic heterocycles. The molecule has 0 saturated heterocycles. The summed E-state index contributed by atoms with van der Waals surface area (Å²) in [6.07, 6.45) is 0. The molecule has 0 aliphatic rings. The molecule has 0 saturated carbocycles. The van der Waals surface area contributed by atoms with E-state index in [1.54, 1.807) is 0 Å². The second-order valence-corrected chi connectivity index (χ2v) is 2.60. The molecule has 1 rings (SSSR count). The number of nitrogen functional groups attached to an aromatic ring is 1. The Hall–Kier alpha value is -1.17. The molecule has 0 atom stereocenters. The molecule has 0 unspecified atom stereocenters. The molecule has 1 amide bonds. The van der Waals surface area contributed by atoms with Crippen LogP contribution >= 0.6 is 11.5 Å². The topological polar surface area (TPSA) is 80.9 Å². The van der Waals surface area contributed by atoms with Gasteiger partial charge in [0.05, 0.1) is 0 Å². The molecular formula is C5H8N4OS. The first-order chi connectivity index (χ1) is 5.25. The van der Waals surface area contributed by atoms with Gasteiger partial charge in [0.2, 0.25) is 0 Å². The molecule has 1 aromatic heterocycles. The summed E-state index contributed by atoms with van der Waals surface area (Å²) in [4.78, 5) is 11.4. The zero-order valence-electron chi connectivity index (χ0n) is 6.00. The average molecular weight is 172 g/mol. The average Bonchev–Trinajstić information content (AvgIpc) is 2.36. The van der Waals surface area contributed by atoms with Crippen molar-refractivity contribution in [3.8, 4) is 0 Å². The minimum Gasteiger partial charge on any atom is -0.381 e. The molecule has 3 N–H and O–H groups in total. The van der Waals surface area contributed by atoms with Crippen LogP contribution in [0.25, 0.3) is 0 Å². The highest BCUT2D eigenvalue weighted by atomic mass is 32.1. The van der Waals surface area contributed by atoms with Gasteiger partial charge >= 0.3 is 0 Å². The predicted molar refractivity (Wildman–Crippen MR) is 42.3 cm³/mol. The predicted octanol–water partition coefficient (Wildman–Crippen LogP) is -0.130. The SMILES string of the molecule is CCNC(=O)c1snnc1N. The second kappa shape index (κ2) is 3.29. The molecule has 6 heteroatoms. The van der Waals surface area contributed by atoms with Crippen molar-refractivity contribution in [3.05, 3.63) is 4.88 Å². The van der Waals surface area contributed by atoms with Gasteiger partial charge in [-0.15, -0.1) is 5.10 Å². The standard InChI is InChI=1S/C5H8N4OS/c1-2-7-5(10)3-4(6)8-9-11-3/h2,6H2,1H3,(H,7,10). The second-order valence-electron chi connectivity index (χ2n) is 1.85. The van der Waals surface area contributed by atoms with Gasteiger partial charge in [-0.1, -0.05) is 4.49 Å². The molecule has 1 aromatic rings. The Labute approximate surface area is 67.8 Å². The largest absolute Gasteiger partial charge is 0.381 e. The van der Waals surface area contributed by atoms with Crippen molar-refractivity contribution in [1.29, 1.82) is 0 Å². The summed E-state index contributed by atoms with van der Waals surface area (Å²) in [6, 6.07) is 0. The van der Waals surface area contributed by atoms with E-state index in [9.17, 15) is 4.79 Å². The monoisotopic (exact) mass is 172 g/mol. The molecule has 0 aromatic carbocycles. The van der Waals surface area contributed by atoms with Crippen LogP contribution in [0.1, 0.15) is 16.6 Å². The van der Waals surface area contributed by atoms with E-state index < -0.39 is 0 Å². The molecule has 0 bridgehead atoms. The number of hydrogen-bond donors (Lipinski definition) is 2. The lowest BCUT2D eigenvalue weighted by Gasteiger charge is -1.96. The van der Waals surface area contributed by atoms with Crippen molar-refractivity contribution in [2.75, 3.05) is 12.3 Å². The Bertz CT molecular complexity index is 259. The third-order valence-electron chi connectivity index (χ3n) is 1.06. The number of carbonyl (C=O) groups excluding carboxylic acids is 1. The normalized spacial score (nSPS) is 9.55. The van der Waals surface area contributed by atoms with Crippen LogP contribution in [0.2, 0.25) is 0 Å². The quantitative estimate of drug-likeness (QED) is 0.651. The first-order valence-electron chi connectivity index (χ1n) is 3.11. The number of amides is 1. The Morgan fingerprint density at radius 3 is 3.00 bits per heavy atom. The first-order valence-corrected chi connectivity index (χ1v) is 3.89. The minimum atomic E-state index is -0.208. The zero-order chi connectivity index (χ0) is 8.27. The molecule has 0 fully saturated rings. The van der Waals surface area contributed by atoms with E-state index in [-0.39, 0.29) is 11.7 Å². The van der Waals surface area contributed by atoms with Crippen LogP contribution in [0.15, 0.2) is 0 Å². The Kier molecular flexibility index (Phi) is 2.37. The molecular weight excluding hydrogens is 164 g/mol. The van der Waals surface area contributed by atoms with Gasteiger partial charge in [-0.25, -0.2) is 0 Å². The summed E-state index contributed by atoms with van der Waals surface area (Å²) in [7, 11) is 0. The zero-order valence-corrected chi connectivity index (χ0v) is 6.81. The maximum Gasteiger partial charge on any atom is 0.266 e. The lowest BCUT2D eigenvalue weighted by molar-refractivity contribution is 0.0960. The fourth-order valence-corrected chi connectivity index (χ4v) is 1.10. The first kappa shape index (κ1) is 7.93. The highest BCUT2D eigenvalue weighted by molar-refractivity contribution is 7.08. The van der Waals surface area contributed by atoms with Gasteiger partial charge in [0, 0.05) is 6.54 Å². The lowest BCUT2D eigenvalue weighted by Crippen LogP contribution is -2.22. The Morgan fingerprint density at radius 2 is 2.55 bits per heavy atom. The third kappa shape index (κ3) is 1.64. The van der Waals surface area contributed by atoms with E-state index in [2.05, 4.69) is 14.9 Å². The molecule has 5 nitrogen and oxygen atoms in total. The van der Waals surface area contributed by atoms with Crippen molar-refractivity contribution < 1.29 is 4.79 Å². The summed E-state index contributed by atoms with van der Waals surface area (Å²) in [6.45, 7) is 2.42. The van der Waals surface area contributed by atoms with E-state index in [0.29, 0.717) is 11.4 Å². The molecule has 60 valence electrons. The van der Waals surface area contributed by atoms with Crippen molar-refractivity contribution >= 4 is 23.3 Å². The number of anilines is 1. The van der Waals surface area contributed by atoms with Gasteiger partial charge in [-0.3, -0.25) is 4.79 Å². The number of rotatable bonds is 2. The maximum atomic E-state index is 11.1. The highest BCUT2D eigenvalue weighted by Crippen LogP contribution is 2.10. The summed E-state index contributed by atoms with van der Waals surface area (Å²) in [5.74, 6) is -0.0130. The van der Waals surface area contributed by atoms with E-state index in [1.807, 2.05) is 6.92 Å². The van der Waals surface area contributed by atoms with E-state index >= 15 is 0 Å². The van der Waals surface area contributed by atoms with E-state index in [4.69, 9.17) is 5.73 Å². The Balaban J connectivity index is 2.76. The van der Waals surface area contributed by atoms with Crippen molar-refractivity contribution in [2.45, 2.75) is 6.92 Å². The molecule has 0 radical (unpaired) electrons. The van der Waals surface area contributed by atoms with Gasteiger partial charge in [0.15, 0.2) is 10.7 Å². The van der Waals surface area contributed by atoms with Crippen LogP contribution < -0.4 is 11.1 Å². The van der Waals surface area contributed by atoms with Crippen LogP contribution in [0.4, 0.5) is 5.82 Å². The fourth-order valence-electron chi connectivity index (χ4n) is 0.596. The summed E-state index contributed by atoms with van der Waals surface area (Å²) >= 11 is 0.999. The number of hydrogen-bond acceptors (Lipinski definition) is 5. The smallest absolute Gasteiger partial charge is 0.266 e. The molecule has 1 heterocycles. The molecule has 11 heavy (non-hydrogen) atoms. The van der Waals surface area contributed by atoms with Crippen molar-refractivity contribution in [3.63, 3.8) is 0 Å². The number of aromatic nitrogens is 2. The number of nitrogens with two attached hydrogens (primary N) is 1. The molecule has 0 spiro atoms. The number of nitrogens with zero attached hydrogens (tertiary/aromatic N) is 2. The van der Waals surface area contributed by atoms with Crippen LogP contribution in [0, 0.1) is 0 Å². The lowest BCUT2D eigenvalue weighted by atomic mass is 10.4. The number of carbonyl (C=O) groups is 1. The van der Waals surface area contributed by atoms with Gasteiger partial charge in [-0.2, -0.15) is 0 Å². The van der Waals surface area contributed by atoms with E-state index in [0.717, 1.165) is 11.5 Å². The fraction of sp³-hybridized carbons (Fsp3) is 0.400. The van der Waals surface area contributed by atoms with Crippen molar-refractivity contribution in [1.82, 2.24) is 14.9 Å². The third-order valence-corrected chi connectivity index (χ3v) is 1.80. The van der Waals surface area contributed by atoms with Crippen LogP contribution in [-0.2, 0) is 0 Å². The van der Waals surface area contributed by atoms with Gasteiger partial charge < -0.3 is 11.1 Å².